The lowest BCUT2D eigenvalue weighted by Gasteiger charge is -2.09. The molecule has 0 N–H and O–H groups in total. The van der Waals surface area contributed by atoms with Crippen molar-refractivity contribution in [1.29, 1.82) is 0 Å². The van der Waals surface area contributed by atoms with Crippen LogP contribution in [0.1, 0.15) is 47.2 Å². The van der Waals surface area contributed by atoms with E-state index in [9.17, 15) is 4.79 Å². The van der Waals surface area contributed by atoms with Gasteiger partial charge in [-0.1, -0.05) is 23.8 Å². The Hall–Kier alpha value is -1.15. The number of carbonyl (C=O) groups is 1. The zero-order valence-electron chi connectivity index (χ0n) is 10.7. The molecule has 0 bridgehead atoms. The molecule has 2 nitrogen and oxygen atoms in total. The molecule has 1 aliphatic rings. The van der Waals surface area contributed by atoms with Gasteiger partial charge in [0.2, 0.25) is 0 Å². The van der Waals surface area contributed by atoms with Gasteiger partial charge in [-0.2, -0.15) is 0 Å². The lowest BCUT2D eigenvalue weighted by molar-refractivity contribution is 0.0859. The third kappa shape index (κ3) is 3.16. The monoisotopic (exact) mass is 232 g/mol. The molecule has 0 spiro atoms. The van der Waals surface area contributed by atoms with E-state index in [0.717, 1.165) is 37.0 Å². The van der Waals surface area contributed by atoms with Crippen LogP contribution in [-0.4, -0.2) is 18.5 Å². The molecule has 1 atom stereocenters. The molecule has 0 radical (unpaired) electrons. The van der Waals surface area contributed by atoms with E-state index in [-0.39, 0.29) is 5.78 Å². The van der Waals surface area contributed by atoms with Gasteiger partial charge in [0.25, 0.3) is 0 Å². The number of benzene rings is 1. The van der Waals surface area contributed by atoms with Crippen molar-refractivity contribution in [2.75, 3.05) is 6.61 Å². The van der Waals surface area contributed by atoms with Crippen molar-refractivity contribution in [2.45, 2.75) is 45.6 Å². The van der Waals surface area contributed by atoms with Crippen LogP contribution in [0.4, 0.5) is 0 Å². The van der Waals surface area contributed by atoms with E-state index in [1.807, 2.05) is 26.0 Å². The van der Waals surface area contributed by atoms with Gasteiger partial charge in [0.1, 0.15) is 0 Å². The second-order valence-corrected chi connectivity index (χ2v) is 4.92. The first-order valence-electron chi connectivity index (χ1n) is 6.39. The number of carbonyl (C=O) groups excluding carboxylic acids is 1. The molecule has 1 aromatic rings. The van der Waals surface area contributed by atoms with E-state index < -0.39 is 0 Å². The highest BCUT2D eigenvalue weighted by molar-refractivity contribution is 5.97. The minimum absolute atomic E-state index is 0.248. The van der Waals surface area contributed by atoms with Gasteiger partial charge in [0, 0.05) is 18.6 Å². The largest absolute Gasteiger partial charge is 0.378 e. The summed E-state index contributed by atoms with van der Waals surface area (Å²) in [6, 6.07) is 6.02. The summed E-state index contributed by atoms with van der Waals surface area (Å²) in [4.78, 5) is 12.1. The number of hydrogen-bond acceptors (Lipinski definition) is 2. The second kappa shape index (κ2) is 5.46. The molecule has 0 aliphatic carbocycles. The highest BCUT2D eigenvalue weighted by Gasteiger charge is 2.17. The lowest BCUT2D eigenvalue weighted by Crippen LogP contribution is -2.09. The summed E-state index contributed by atoms with van der Waals surface area (Å²) in [6.45, 7) is 4.92. The van der Waals surface area contributed by atoms with E-state index in [0.29, 0.717) is 12.5 Å². The lowest BCUT2D eigenvalue weighted by atomic mass is 9.98. The molecule has 0 aromatic heterocycles. The third-order valence-corrected chi connectivity index (χ3v) is 3.40. The standard InChI is InChI=1S/C15H20O2/c1-11-5-7-14(12(2)10-11)15(16)8-6-13-4-3-9-17-13/h5,7,10,13H,3-4,6,8-9H2,1-2H3. The Balaban J connectivity index is 1.94. The first-order chi connectivity index (χ1) is 8.16. The number of rotatable bonds is 4. The van der Waals surface area contributed by atoms with Gasteiger partial charge in [-0.3, -0.25) is 4.79 Å². The second-order valence-electron chi connectivity index (χ2n) is 4.92. The number of Topliss-reactive ketones (excluding diaryl/α,β-unsaturated/α-hetero) is 1. The Bertz CT molecular complexity index is 403. The fourth-order valence-corrected chi connectivity index (χ4v) is 2.43. The van der Waals surface area contributed by atoms with Gasteiger partial charge < -0.3 is 4.74 Å². The molecule has 0 amide bonds. The maximum atomic E-state index is 12.1. The molecule has 1 aromatic carbocycles. The van der Waals surface area contributed by atoms with E-state index in [4.69, 9.17) is 4.74 Å². The summed E-state index contributed by atoms with van der Waals surface area (Å²) in [7, 11) is 0. The normalized spacial score (nSPS) is 19.5. The molecular formula is C15H20O2. The molecule has 1 fully saturated rings. The zero-order valence-corrected chi connectivity index (χ0v) is 10.7. The topological polar surface area (TPSA) is 26.3 Å². The van der Waals surface area contributed by atoms with Crippen LogP contribution in [0.2, 0.25) is 0 Å². The Morgan fingerprint density at radius 3 is 2.88 bits per heavy atom. The van der Waals surface area contributed by atoms with Gasteiger partial charge in [-0.15, -0.1) is 0 Å². The molecule has 0 saturated carbocycles. The summed E-state index contributed by atoms with van der Waals surface area (Å²) in [5, 5.41) is 0. The first-order valence-corrected chi connectivity index (χ1v) is 6.39. The van der Waals surface area contributed by atoms with Crippen molar-refractivity contribution >= 4 is 5.78 Å². The van der Waals surface area contributed by atoms with Gasteiger partial charge >= 0.3 is 0 Å². The summed E-state index contributed by atoms with van der Waals surface area (Å²) >= 11 is 0. The van der Waals surface area contributed by atoms with Crippen molar-refractivity contribution in [3.8, 4) is 0 Å². The first kappa shape index (κ1) is 12.3. The fourth-order valence-electron chi connectivity index (χ4n) is 2.43. The zero-order chi connectivity index (χ0) is 12.3. The smallest absolute Gasteiger partial charge is 0.163 e. The molecule has 17 heavy (non-hydrogen) atoms. The molecule has 1 aliphatic heterocycles. The van der Waals surface area contributed by atoms with E-state index in [1.165, 1.54) is 5.56 Å². The van der Waals surface area contributed by atoms with E-state index >= 15 is 0 Å². The Morgan fingerprint density at radius 1 is 1.41 bits per heavy atom. The van der Waals surface area contributed by atoms with Crippen molar-refractivity contribution in [1.82, 2.24) is 0 Å². The molecule has 1 unspecified atom stereocenters. The summed E-state index contributed by atoms with van der Waals surface area (Å²) in [5.74, 6) is 0.248. The van der Waals surface area contributed by atoms with Crippen molar-refractivity contribution in [3.63, 3.8) is 0 Å². The molecule has 1 heterocycles. The molecular weight excluding hydrogens is 212 g/mol. The van der Waals surface area contributed by atoms with Crippen molar-refractivity contribution in [2.24, 2.45) is 0 Å². The van der Waals surface area contributed by atoms with Crippen LogP contribution in [0.3, 0.4) is 0 Å². The van der Waals surface area contributed by atoms with Crippen LogP contribution in [0.25, 0.3) is 0 Å². The van der Waals surface area contributed by atoms with E-state index in [1.54, 1.807) is 0 Å². The molecule has 2 rings (SSSR count). The maximum absolute atomic E-state index is 12.1. The van der Waals surface area contributed by atoms with Crippen LogP contribution in [0.5, 0.6) is 0 Å². The summed E-state index contributed by atoms with van der Waals surface area (Å²) in [6.07, 6.45) is 4.04. The molecule has 92 valence electrons. The quantitative estimate of drug-likeness (QED) is 0.743. The molecule has 2 heteroatoms. The highest BCUT2D eigenvalue weighted by atomic mass is 16.5. The molecule has 1 saturated heterocycles. The Kier molecular flexibility index (Phi) is 3.95. The van der Waals surface area contributed by atoms with Gasteiger partial charge in [0.15, 0.2) is 5.78 Å². The maximum Gasteiger partial charge on any atom is 0.163 e. The predicted octanol–water partition coefficient (Wildman–Crippen LogP) is 3.45. The Morgan fingerprint density at radius 2 is 2.24 bits per heavy atom. The van der Waals surface area contributed by atoms with Crippen LogP contribution in [-0.2, 0) is 4.74 Å². The average Bonchev–Trinajstić information content (AvgIpc) is 2.78. The number of hydrogen-bond donors (Lipinski definition) is 0. The van der Waals surface area contributed by atoms with E-state index in [2.05, 4.69) is 6.07 Å². The minimum Gasteiger partial charge on any atom is -0.378 e. The van der Waals surface area contributed by atoms with Crippen LogP contribution in [0.15, 0.2) is 18.2 Å². The van der Waals surface area contributed by atoms with Gasteiger partial charge in [-0.05, 0) is 38.7 Å². The fraction of sp³-hybridized carbons (Fsp3) is 0.533. The summed E-state index contributed by atoms with van der Waals surface area (Å²) in [5.41, 5.74) is 3.16. The summed E-state index contributed by atoms with van der Waals surface area (Å²) < 4.78 is 5.54. The number of aryl methyl sites for hydroxylation is 2. The third-order valence-electron chi connectivity index (χ3n) is 3.40. The highest BCUT2D eigenvalue weighted by Crippen LogP contribution is 2.19. The van der Waals surface area contributed by atoms with Gasteiger partial charge in [0.05, 0.1) is 6.10 Å². The number of ether oxygens (including phenoxy) is 1. The minimum atomic E-state index is 0.248. The van der Waals surface area contributed by atoms with Gasteiger partial charge in [-0.25, -0.2) is 0 Å². The predicted molar refractivity (Wildman–Crippen MR) is 68.5 cm³/mol. The Labute approximate surface area is 103 Å². The van der Waals surface area contributed by atoms with Crippen LogP contribution in [0, 0.1) is 13.8 Å². The SMILES string of the molecule is Cc1ccc(C(=O)CCC2CCCO2)c(C)c1. The van der Waals surface area contributed by atoms with Crippen LogP contribution >= 0.6 is 0 Å². The van der Waals surface area contributed by atoms with Crippen molar-refractivity contribution in [3.05, 3.63) is 34.9 Å². The van der Waals surface area contributed by atoms with Crippen LogP contribution < -0.4 is 0 Å². The number of ketones is 1. The average molecular weight is 232 g/mol. The van der Waals surface area contributed by atoms with Crippen molar-refractivity contribution < 1.29 is 9.53 Å².